The molecule has 0 N–H and O–H groups in total. The summed E-state index contributed by atoms with van der Waals surface area (Å²) < 4.78 is 9.55. The molecule has 1 aromatic carbocycles. The Bertz CT molecular complexity index is 1050. The van der Waals surface area contributed by atoms with Crippen LogP contribution in [0.1, 0.15) is 42.7 Å². The Morgan fingerprint density at radius 1 is 1.29 bits per heavy atom. The number of benzene rings is 1. The van der Waals surface area contributed by atoms with E-state index in [4.69, 9.17) is 9.72 Å². The minimum atomic E-state index is -0.106. The van der Waals surface area contributed by atoms with E-state index in [2.05, 4.69) is 23.6 Å². The van der Waals surface area contributed by atoms with E-state index in [-0.39, 0.29) is 5.41 Å². The first-order valence-electron chi connectivity index (χ1n) is 9.48. The van der Waals surface area contributed by atoms with Crippen LogP contribution in [-0.2, 0) is 12.0 Å². The van der Waals surface area contributed by atoms with Crippen molar-refractivity contribution in [3.63, 3.8) is 0 Å². The van der Waals surface area contributed by atoms with E-state index in [1.54, 1.807) is 13.4 Å². The van der Waals surface area contributed by atoms with Gasteiger partial charge in [-0.3, -0.25) is 0 Å². The Labute approximate surface area is 165 Å². The van der Waals surface area contributed by atoms with Gasteiger partial charge in [0.25, 0.3) is 0 Å². The molecule has 6 heteroatoms. The Balaban J connectivity index is 1.61. The molecule has 2 aromatic heterocycles. The summed E-state index contributed by atoms with van der Waals surface area (Å²) in [7, 11) is 1.68. The second kappa shape index (κ2) is 7.11. The van der Waals surface area contributed by atoms with Crippen molar-refractivity contribution in [2.24, 2.45) is 0 Å². The van der Waals surface area contributed by atoms with E-state index in [0.29, 0.717) is 0 Å². The highest BCUT2D eigenvalue weighted by Crippen LogP contribution is 2.33. The molecule has 3 aromatic rings. The largest absolute Gasteiger partial charge is 0.495 e. The lowest BCUT2D eigenvalue weighted by Crippen LogP contribution is -2.29. The normalized spacial score (nSPS) is 19.0. The summed E-state index contributed by atoms with van der Waals surface area (Å²) >= 11 is 0. The molecule has 3 heterocycles. The summed E-state index contributed by atoms with van der Waals surface area (Å²) in [5, 5.41) is 4.65. The Hall–Kier alpha value is -3.15. The molecule has 1 aliphatic rings. The van der Waals surface area contributed by atoms with Crippen LogP contribution in [-0.4, -0.2) is 31.4 Å². The first kappa shape index (κ1) is 18.2. The van der Waals surface area contributed by atoms with Crippen molar-refractivity contribution in [3.8, 4) is 11.4 Å². The van der Waals surface area contributed by atoms with Crippen molar-refractivity contribution < 1.29 is 4.74 Å². The van der Waals surface area contributed by atoms with Crippen LogP contribution in [0, 0.1) is 6.92 Å². The number of hydrogen-bond acceptors (Lipinski definition) is 4. The van der Waals surface area contributed by atoms with Gasteiger partial charge in [0.15, 0.2) is 5.82 Å². The molecule has 0 unspecified atom stereocenters. The number of methoxy groups -OCH3 is 1. The van der Waals surface area contributed by atoms with Crippen LogP contribution >= 0.6 is 0 Å². The maximum atomic E-state index is 5.58. The number of rotatable bonds is 5. The van der Waals surface area contributed by atoms with Crippen molar-refractivity contribution in [2.45, 2.75) is 38.6 Å². The first-order valence-corrected chi connectivity index (χ1v) is 9.48. The van der Waals surface area contributed by atoms with Crippen LogP contribution in [0.3, 0.4) is 0 Å². The Kier molecular flexibility index (Phi) is 4.63. The highest BCUT2D eigenvalue weighted by atomic mass is 16.5. The number of hydrogen-bond donors (Lipinski definition) is 0. The fourth-order valence-corrected chi connectivity index (χ4v) is 3.64. The molecular weight excluding hydrogens is 350 g/mol. The monoisotopic (exact) mass is 375 g/mol. The molecule has 0 fully saturated rings. The number of fused-ring (bicyclic) bond motifs is 1. The number of allylic oxidation sites excluding steroid dienone is 1. The van der Waals surface area contributed by atoms with E-state index >= 15 is 0 Å². The number of aromatic nitrogens is 5. The number of ether oxygens (including phenoxy) is 1. The molecule has 0 bridgehead atoms. The number of aryl methyl sites for hydroxylation is 2. The predicted octanol–water partition coefficient (Wildman–Crippen LogP) is 4.19. The summed E-state index contributed by atoms with van der Waals surface area (Å²) in [5.41, 5.74) is 2.84. The molecule has 0 saturated carbocycles. The molecule has 1 aliphatic heterocycles. The number of imidazole rings is 1. The van der Waals surface area contributed by atoms with Crippen molar-refractivity contribution in [3.05, 3.63) is 66.3 Å². The lowest BCUT2D eigenvalue weighted by Gasteiger charge is -2.29. The van der Waals surface area contributed by atoms with Gasteiger partial charge < -0.3 is 9.30 Å². The van der Waals surface area contributed by atoms with Gasteiger partial charge in [0.05, 0.1) is 24.8 Å². The molecule has 28 heavy (non-hydrogen) atoms. The smallest absolute Gasteiger partial charge is 0.174 e. The molecule has 1 atom stereocenters. The maximum absolute atomic E-state index is 5.58. The first-order chi connectivity index (χ1) is 13.5. The minimum absolute atomic E-state index is 0.106. The quantitative estimate of drug-likeness (QED) is 0.628. The predicted molar refractivity (Wildman–Crippen MR) is 111 cm³/mol. The lowest BCUT2D eigenvalue weighted by atomic mass is 9.82. The maximum Gasteiger partial charge on any atom is 0.174 e. The topological polar surface area (TPSA) is 57.8 Å². The highest BCUT2D eigenvalue weighted by Gasteiger charge is 2.32. The zero-order chi connectivity index (χ0) is 19.7. The molecule has 144 valence electrons. The SMILES string of the molecule is C=C[C@@]1(C)CCCn2nc(/C=C/c3ccc(-n4cnc(C)c4)c(OC)c3)nc21. The fourth-order valence-electron chi connectivity index (χ4n) is 3.64. The van der Waals surface area contributed by atoms with Crippen molar-refractivity contribution in [1.82, 2.24) is 24.3 Å². The van der Waals surface area contributed by atoms with Gasteiger partial charge in [-0.1, -0.05) is 18.2 Å². The van der Waals surface area contributed by atoms with Gasteiger partial charge in [-0.2, -0.15) is 5.10 Å². The molecule has 0 aliphatic carbocycles. The van der Waals surface area contributed by atoms with E-state index < -0.39 is 0 Å². The lowest BCUT2D eigenvalue weighted by molar-refractivity contribution is 0.367. The molecule has 0 radical (unpaired) electrons. The van der Waals surface area contributed by atoms with Gasteiger partial charge in [0.1, 0.15) is 11.6 Å². The van der Waals surface area contributed by atoms with Crippen LogP contribution in [0.25, 0.3) is 17.8 Å². The third-order valence-electron chi connectivity index (χ3n) is 5.33. The zero-order valence-corrected chi connectivity index (χ0v) is 16.6. The van der Waals surface area contributed by atoms with E-state index in [0.717, 1.165) is 53.7 Å². The second-order valence-corrected chi connectivity index (χ2v) is 7.43. The van der Waals surface area contributed by atoms with Crippen LogP contribution in [0.5, 0.6) is 5.75 Å². The summed E-state index contributed by atoms with van der Waals surface area (Å²) in [4.78, 5) is 9.04. The van der Waals surface area contributed by atoms with Crippen molar-refractivity contribution in [2.75, 3.05) is 7.11 Å². The van der Waals surface area contributed by atoms with Gasteiger partial charge >= 0.3 is 0 Å². The minimum Gasteiger partial charge on any atom is -0.495 e. The molecular formula is C22H25N5O. The van der Waals surface area contributed by atoms with Crippen LogP contribution in [0.4, 0.5) is 0 Å². The van der Waals surface area contributed by atoms with Crippen LogP contribution in [0.2, 0.25) is 0 Å². The van der Waals surface area contributed by atoms with Crippen molar-refractivity contribution >= 4 is 12.2 Å². The van der Waals surface area contributed by atoms with E-state index in [9.17, 15) is 0 Å². The van der Waals surface area contributed by atoms with Gasteiger partial charge in [-0.25, -0.2) is 14.6 Å². The Morgan fingerprint density at radius 2 is 2.14 bits per heavy atom. The van der Waals surface area contributed by atoms with Crippen LogP contribution < -0.4 is 4.74 Å². The highest BCUT2D eigenvalue weighted by molar-refractivity contribution is 5.69. The molecule has 6 nitrogen and oxygen atoms in total. The van der Waals surface area contributed by atoms with Gasteiger partial charge in [-0.15, -0.1) is 6.58 Å². The molecule has 0 saturated heterocycles. The average molecular weight is 375 g/mol. The Morgan fingerprint density at radius 3 is 2.86 bits per heavy atom. The third kappa shape index (κ3) is 3.26. The zero-order valence-electron chi connectivity index (χ0n) is 16.6. The van der Waals surface area contributed by atoms with Gasteiger partial charge in [0.2, 0.25) is 0 Å². The summed E-state index contributed by atoms with van der Waals surface area (Å²) in [6.45, 7) is 9.04. The molecule has 4 rings (SSSR count). The molecule has 0 spiro atoms. The summed E-state index contributed by atoms with van der Waals surface area (Å²) in [6.07, 6.45) is 11.9. The van der Waals surface area contributed by atoms with Crippen LogP contribution in [0.15, 0.2) is 43.4 Å². The molecule has 0 amide bonds. The van der Waals surface area contributed by atoms with E-state index in [1.165, 1.54) is 0 Å². The van der Waals surface area contributed by atoms with Crippen molar-refractivity contribution in [1.29, 1.82) is 0 Å². The van der Waals surface area contributed by atoms with Gasteiger partial charge in [0, 0.05) is 18.2 Å². The standard InChI is InChI=1S/C22H25N5O/c1-5-22(3)11-6-12-27-21(22)24-20(25-27)10-8-17-7-9-18(19(13-17)28-4)26-14-16(2)23-15-26/h5,7-10,13-15H,1,6,11-12H2,2-4H3/b10-8+/t22-/m0/s1. The van der Waals surface area contributed by atoms with E-state index in [1.807, 2.05) is 58.8 Å². The second-order valence-electron chi connectivity index (χ2n) is 7.43. The number of nitrogens with zero attached hydrogens (tertiary/aromatic N) is 5. The fraction of sp³-hybridized carbons (Fsp3) is 0.318. The summed E-state index contributed by atoms with van der Waals surface area (Å²) in [5.74, 6) is 2.51. The third-order valence-corrected chi connectivity index (χ3v) is 5.33. The summed E-state index contributed by atoms with van der Waals surface area (Å²) in [6, 6.07) is 6.08. The average Bonchev–Trinajstić information content (AvgIpc) is 3.33. The van der Waals surface area contributed by atoms with Gasteiger partial charge in [-0.05, 0) is 50.5 Å².